The van der Waals surface area contributed by atoms with Crippen LogP contribution in [0.1, 0.15) is 55.8 Å². The van der Waals surface area contributed by atoms with Crippen molar-refractivity contribution in [2.45, 2.75) is 45.4 Å². The van der Waals surface area contributed by atoms with Crippen LogP contribution in [0.5, 0.6) is 0 Å². The molecule has 124 valence electrons. The molecule has 4 bridgehead atoms. The van der Waals surface area contributed by atoms with Crippen LogP contribution in [0, 0.1) is 23.2 Å². The highest BCUT2D eigenvalue weighted by Gasteiger charge is 2.50. The van der Waals surface area contributed by atoms with Crippen molar-refractivity contribution >= 4 is 11.7 Å². The lowest BCUT2D eigenvalue weighted by Crippen LogP contribution is -2.49. The first-order valence-electron chi connectivity index (χ1n) is 9.17. The predicted octanol–water partition coefficient (Wildman–Crippen LogP) is 4.49. The summed E-state index contributed by atoms with van der Waals surface area (Å²) in [5.41, 5.74) is 2.29. The van der Waals surface area contributed by atoms with Crippen LogP contribution in [0.15, 0.2) is 24.3 Å². The summed E-state index contributed by atoms with van der Waals surface area (Å²) >= 11 is 0. The Bertz CT molecular complexity index is 543. The van der Waals surface area contributed by atoms with Crippen molar-refractivity contribution in [2.24, 2.45) is 23.2 Å². The van der Waals surface area contributed by atoms with Crippen molar-refractivity contribution in [2.75, 3.05) is 18.5 Å². The molecule has 1 N–H and O–H groups in total. The van der Waals surface area contributed by atoms with Crippen molar-refractivity contribution < 1.29 is 9.53 Å². The van der Waals surface area contributed by atoms with Crippen molar-refractivity contribution in [1.29, 1.82) is 0 Å². The van der Waals surface area contributed by atoms with Gasteiger partial charge < -0.3 is 10.1 Å². The summed E-state index contributed by atoms with van der Waals surface area (Å²) in [4.78, 5) is 11.7. The van der Waals surface area contributed by atoms with Crippen LogP contribution in [-0.2, 0) is 4.74 Å². The van der Waals surface area contributed by atoms with Crippen LogP contribution in [0.25, 0.3) is 0 Å². The monoisotopic (exact) mass is 313 g/mol. The Morgan fingerprint density at radius 3 is 2.17 bits per heavy atom. The fourth-order valence-corrected chi connectivity index (χ4v) is 5.73. The van der Waals surface area contributed by atoms with E-state index in [9.17, 15) is 4.79 Å². The second kappa shape index (κ2) is 5.85. The smallest absolute Gasteiger partial charge is 0.338 e. The van der Waals surface area contributed by atoms with Gasteiger partial charge in [0, 0.05) is 12.2 Å². The van der Waals surface area contributed by atoms with Crippen molar-refractivity contribution in [3.8, 4) is 0 Å². The molecule has 1 aromatic carbocycles. The Kier molecular flexibility index (Phi) is 3.82. The fraction of sp³-hybridized carbons (Fsp3) is 0.650. The highest BCUT2D eigenvalue weighted by molar-refractivity contribution is 5.89. The zero-order chi connectivity index (χ0) is 15.9. The summed E-state index contributed by atoms with van der Waals surface area (Å²) in [7, 11) is 0. The Morgan fingerprint density at radius 2 is 1.65 bits per heavy atom. The molecule has 0 spiro atoms. The average Bonchev–Trinajstić information content (AvgIpc) is 2.52. The second-order valence-electron chi connectivity index (χ2n) is 8.07. The molecule has 0 atom stereocenters. The molecule has 4 saturated carbocycles. The third kappa shape index (κ3) is 2.98. The maximum atomic E-state index is 11.7. The molecule has 0 saturated heterocycles. The number of ether oxygens (including phenoxy) is 1. The van der Waals surface area contributed by atoms with E-state index in [2.05, 4.69) is 5.32 Å². The van der Waals surface area contributed by atoms with E-state index < -0.39 is 0 Å². The van der Waals surface area contributed by atoms with Gasteiger partial charge in [0.25, 0.3) is 0 Å². The molecule has 0 aromatic heterocycles. The SMILES string of the molecule is CCOC(=O)c1ccc(NCC23CC4CC(CC(C4)C2)C3)cc1. The molecular weight excluding hydrogens is 286 g/mol. The van der Waals surface area contributed by atoms with Crippen molar-refractivity contribution in [1.82, 2.24) is 0 Å². The molecule has 4 aliphatic carbocycles. The average molecular weight is 313 g/mol. The lowest BCUT2D eigenvalue weighted by molar-refractivity contribution is -0.0444. The lowest BCUT2D eigenvalue weighted by Gasteiger charge is -2.57. The van der Waals surface area contributed by atoms with Gasteiger partial charge in [-0.1, -0.05) is 0 Å². The van der Waals surface area contributed by atoms with E-state index in [0.29, 0.717) is 17.6 Å². The van der Waals surface area contributed by atoms with Gasteiger partial charge in [-0.3, -0.25) is 0 Å². The maximum absolute atomic E-state index is 11.7. The summed E-state index contributed by atoms with van der Waals surface area (Å²) in [6.07, 6.45) is 8.75. The molecule has 0 heterocycles. The molecule has 0 unspecified atom stereocenters. The van der Waals surface area contributed by atoms with Crippen LogP contribution in [0.2, 0.25) is 0 Å². The number of carbonyl (C=O) groups is 1. The third-order valence-electron chi connectivity index (χ3n) is 6.23. The summed E-state index contributed by atoms with van der Waals surface area (Å²) < 4.78 is 5.03. The number of benzene rings is 1. The first-order valence-corrected chi connectivity index (χ1v) is 9.17. The number of carbonyl (C=O) groups excluding carboxylic acids is 1. The minimum atomic E-state index is -0.236. The minimum Gasteiger partial charge on any atom is -0.462 e. The van der Waals surface area contributed by atoms with Crippen molar-refractivity contribution in [3.05, 3.63) is 29.8 Å². The van der Waals surface area contributed by atoms with Gasteiger partial charge in [-0.2, -0.15) is 0 Å². The molecule has 23 heavy (non-hydrogen) atoms. The number of esters is 1. The van der Waals surface area contributed by atoms with E-state index in [-0.39, 0.29) is 5.97 Å². The summed E-state index contributed by atoms with van der Waals surface area (Å²) in [6.45, 7) is 3.35. The highest BCUT2D eigenvalue weighted by atomic mass is 16.5. The largest absolute Gasteiger partial charge is 0.462 e. The van der Waals surface area contributed by atoms with Gasteiger partial charge in [-0.25, -0.2) is 4.79 Å². The van der Waals surface area contributed by atoms with Gasteiger partial charge in [0.2, 0.25) is 0 Å². The van der Waals surface area contributed by atoms with Gasteiger partial charge in [0.1, 0.15) is 0 Å². The second-order valence-corrected chi connectivity index (χ2v) is 8.07. The molecule has 5 rings (SSSR count). The number of rotatable bonds is 5. The summed E-state index contributed by atoms with van der Waals surface area (Å²) in [5.74, 6) is 2.75. The Balaban J connectivity index is 1.38. The van der Waals surface area contributed by atoms with Gasteiger partial charge in [0.05, 0.1) is 12.2 Å². The third-order valence-corrected chi connectivity index (χ3v) is 6.23. The standard InChI is InChI=1S/C20H27NO2/c1-2-23-19(22)17-3-5-18(6-4-17)21-13-20-10-14-7-15(11-20)9-16(8-14)12-20/h3-6,14-16,21H,2,7-13H2,1H3. The van der Waals surface area contributed by atoms with Gasteiger partial charge in [0.15, 0.2) is 0 Å². The van der Waals surface area contributed by atoms with Crippen molar-refractivity contribution in [3.63, 3.8) is 0 Å². The quantitative estimate of drug-likeness (QED) is 0.814. The normalized spacial score (nSPS) is 34.4. The van der Waals surface area contributed by atoms with E-state index >= 15 is 0 Å². The topological polar surface area (TPSA) is 38.3 Å². The maximum Gasteiger partial charge on any atom is 0.338 e. The Labute approximate surface area is 138 Å². The zero-order valence-electron chi connectivity index (χ0n) is 14.0. The first kappa shape index (κ1) is 15.0. The number of hydrogen-bond donors (Lipinski definition) is 1. The number of anilines is 1. The molecule has 0 radical (unpaired) electrons. The molecule has 3 heteroatoms. The predicted molar refractivity (Wildman–Crippen MR) is 91.5 cm³/mol. The fourth-order valence-electron chi connectivity index (χ4n) is 5.73. The molecule has 4 aliphatic rings. The molecule has 1 aromatic rings. The number of nitrogens with one attached hydrogen (secondary N) is 1. The first-order chi connectivity index (χ1) is 11.2. The zero-order valence-corrected chi connectivity index (χ0v) is 14.0. The summed E-state index contributed by atoms with van der Waals surface area (Å²) in [5, 5.41) is 3.65. The van der Waals surface area contributed by atoms with Crippen LogP contribution in [0.4, 0.5) is 5.69 Å². The Morgan fingerprint density at radius 1 is 1.09 bits per heavy atom. The van der Waals surface area contributed by atoms with Gasteiger partial charge in [-0.05, 0) is 92.9 Å². The van der Waals surface area contributed by atoms with Gasteiger partial charge >= 0.3 is 5.97 Å². The van der Waals surface area contributed by atoms with E-state index in [1.807, 2.05) is 31.2 Å². The molecular formula is C20H27NO2. The van der Waals surface area contributed by atoms with Crippen LogP contribution in [0.3, 0.4) is 0 Å². The van der Waals surface area contributed by atoms with Gasteiger partial charge in [-0.15, -0.1) is 0 Å². The Hall–Kier alpha value is -1.51. The van der Waals surface area contributed by atoms with E-state index in [1.165, 1.54) is 38.5 Å². The molecule has 0 amide bonds. The van der Waals surface area contributed by atoms with Crippen LogP contribution < -0.4 is 5.32 Å². The summed E-state index contributed by atoms with van der Waals surface area (Å²) in [6, 6.07) is 7.74. The van der Waals surface area contributed by atoms with E-state index in [0.717, 1.165) is 30.0 Å². The molecule has 4 fully saturated rings. The van der Waals surface area contributed by atoms with E-state index in [4.69, 9.17) is 4.74 Å². The lowest BCUT2D eigenvalue weighted by atomic mass is 9.49. The minimum absolute atomic E-state index is 0.236. The number of hydrogen-bond acceptors (Lipinski definition) is 3. The van der Waals surface area contributed by atoms with Crippen LogP contribution in [-0.4, -0.2) is 19.1 Å². The molecule has 3 nitrogen and oxygen atoms in total. The van der Waals surface area contributed by atoms with E-state index in [1.54, 1.807) is 0 Å². The van der Waals surface area contributed by atoms with Crippen LogP contribution >= 0.6 is 0 Å². The highest BCUT2D eigenvalue weighted by Crippen LogP contribution is 2.59. The molecule has 0 aliphatic heterocycles.